The van der Waals surface area contributed by atoms with E-state index < -0.39 is 17.2 Å². The number of nitrogens with zero attached hydrogens (tertiary/aromatic N) is 1. The van der Waals surface area contributed by atoms with Crippen LogP contribution in [0.2, 0.25) is 0 Å². The molecule has 1 aliphatic rings. The van der Waals surface area contributed by atoms with Crippen LogP contribution < -0.4 is 4.74 Å². The maximum absolute atomic E-state index is 14.1. The zero-order chi connectivity index (χ0) is 18.6. The quantitative estimate of drug-likeness (QED) is 0.689. The Bertz CT molecular complexity index is 690. The summed E-state index contributed by atoms with van der Waals surface area (Å²) >= 11 is 0. The Morgan fingerprint density at radius 2 is 2.08 bits per heavy atom. The summed E-state index contributed by atoms with van der Waals surface area (Å²) in [4.78, 5) is 36.1. The van der Waals surface area contributed by atoms with Crippen LogP contribution in [-0.4, -0.2) is 47.9 Å². The molecular formula is C18H22FNO5. The Morgan fingerprint density at radius 3 is 2.60 bits per heavy atom. The number of ketones is 1. The molecule has 6 nitrogen and oxygen atoms in total. The van der Waals surface area contributed by atoms with E-state index in [0.29, 0.717) is 31.4 Å². The minimum atomic E-state index is -0.975. The van der Waals surface area contributed by atoms with Gasteiger partial charge < -0.3 is 19.5 Å². The van der Waals surface area contributed by atoms with E-state index >= 15 is 0 Å². The highest BCUT2D eigenvalue weighted by Crippen LogP contribution is 2.41. The van der Waals surface area contributed by atoms with Gasteiger partial charge in [-0.05, 0) is 37.5 Å². The van der Waals surface area contributed by atoms with Gasteiger partial charge >= 0.3 is 5.97 Å². The van der Waals surface area contributed by atoms with Crippen molar-refractivity contribution in [1.82, 2.24) is 4.90 Å². The monoisotopic (exact) mass is 351 g/mol. The summed E-state index contributed by atoms with van der Waals surface area (Å²) < 4.78 is 19.0. The summed E-state index contributed by atoms with van der Waals surface area (Å²) in [5, 5.41) is 8.77. The number of rotatable bonds is 9. The molecule has 0 bridgehead atoms. The lowest BCUT2D eigenvalue weighted by Crippen LogP contribution is -2.64. The number of ether oxygens (including phenoxy) is 1. The van der Waals surface area contributed by atoms with Crippen LogP contribution in [-0.2, 0) is 19.8 Å². The van der Waals surface area contributed by atoms with Crippen LogP contribution in [0.15, 0.2) is 18.2 Å². The molecule has 0 aliphatic carbocycles. The second kappa shape index (κ2) is 7.63. The van der Waals surface area contributed by atoms with Gasteiger partial charge in [0.25, 0.3) is 0 Å². The lowest BCUT2D eigenvalue weighted by Gasteiger charge is -2.49. The third-order valence-corrected chi connectivity index (χ3v) is 4.59. The van der Waals surface area contributed by atoms with Gasteiger partial charge in [0, 0.05) is 19.5 Å². The Balaban J connectivity index is 2.22. The van der Waals surface area contributed by atoms with E-state index in [9.17, 15) is 18.8 Å². The molecule has 0 radical (unpaired) electrons. The van der Waals surface area contributed by atoms with E-state index in [1.807, 2.05) is 0 Å². The maximum atomic E-state index is 14.1. The molecule has 1 amide bonds. The van der Waals surface area contributed by atoms with Gasteiger partial charge in [0.15, 0.2) is 11.6 Å². The fourth-order valence-electron chi connectivity index (χ4n) is 3.24. The van der Waals surface area contributed by atoms with Gasteiger partial charge in [0.05, 0.1) is 18.9 Å². The fraction of sp³-hybridized carbons (Fsp3) is 0.500. The first kappa shape index (κ1) is 18.9. The van der Waals surface area contributed by atoms with E-state index in [2.05, 4.69) is 0 Å². The summed E-state index contributed by atoms with van der Waals surface area (Å²) in [5.41, 5.74) is -0.368. The van der Waals surface area contributed by atoms with E-state index in [0.717, 1.165) is 0 Å². The highest BCUT2D eigenvalue weighted by Gasteiger charge is 2.52. The summed E-state index contributed by atoms with van der Waals surface area (Å²) in [6.45, 7) is 1.94. The molecule has 2 rings (SSSR count). The number of aliphatic carboxylic acids is 1. The number of carboxylic acid groups (broad SMARTS) is 1. The molecule has 1 aromatic carbocycles. The molecule has 1 atom stereocenters. The Kier molecular flexibility index (Phi) is 5.77. The number of Topliss-reactive ketones (excluding diaryl/α,β-unsaturated/α-hetero) is 1. The number of carboxylic acids is 1. The molecule has 1 saturated heterocycles. The Labute approximate surface area is 145 Å². The summed E-state index contributed by atoms with van der Waals surface area (Å²) in [6, 6.07) is 4.42. The van der Waals surface area contributed by atoms with Gasteiger partial charge in [-0.1, -0.05) is 6.07 Å². The third-order valence-electron chi connectivity index (χ3n) is 4.59. The first-order valence-corrected chi connectivity index (χ1v) is 8.15. The first-order valence-electron chi connectivity index (χ1n) is 8.15. The predicted molar refractivity (Wildman–Crippen MR) is 88.0 cm³/mol. The molecule has 1 N–H and O–H groups in total. The van der Waals surface area contributed by atoms with E-state index in [-0.39, 0.29) is 30.4 Å². The van der Waals surface area contributed by atoms with Crippen molar-refractivity contribution in [2.24, 2.45) is 0 Å². The molecular weight excluding hydrogens is 329 g/mol. The van der Waals surface area contributed by atoms with Crippen LogP contribution in [0.25, 0.3) is 0 Å². The van der Waals surface area contributed by atoms with Crippen LogP contribution in [0.1, 0.15) is 38.2 Å². The van der Waals surface area contributed by atoms with Crippen molar-refractivity contribution in [2.45, 2.75) is 38.0 Å². The Morgan fingerprint density at radius 1 is 1.36 bits per heavy atom. The largest absolute Gasteiger partial charge is 0.494 e. The first-order chi connectivity index (χ1) is 11.8. The maximum Gasteiger partial charge on any atom is 0.305 e. The number of carbonyl (C=O) groups excluding carboxylic acids is 2. The minimum absolute atomic E-state index is 0.0329. The summed E-state index contributed by atoms with van der Waals surface area (Å²) in [5.74, 6) is -1.62. The van der Waals surface area contributed by atoms with Gasteiger partial charge in [-0.2, -0.15) is 0 Å². The molecule has 0 spiro atoms. The van der Waals surface area contributed by atoms with Gasteiger partial charge in [-0.25, -0.2) is 4.39 Å². The molecule has 1 aromatic rings. The summed E-state index contributed by atoms with van der Waals surface area (Å²) in [7, 11) is 1.36. The van der Waals surface area contributed by atoms with Crippen LogP contribution in [0.4, 0.5) is 4.39 Å². The molecule has 0 saturated carbocycles. The number of benzene rings is 1. The van der Waals surface area contributed by atoms with Gasteiger partial charge in [-0.15, -0.1) is 0 Å². The number of methoxy groups -OCH3 is 1. The van der Waals surface area contributed by atoms with Gasteiger partial charge in [0.1, 0.15) is 5.78 Å². The highest BCUT2D eigenvalue weighted by molar-refractivity contribution is 5.94. The number of halogens is 1. The molecule has 136 valence electrons. The van der Waals surface area contributed by atoms with E-state index in [1.165, 1.54) is 31.1 Å². The second-order valence-corrected chi connectivity index (χ2v) is 6.36. The van der Waals surface area contributed by atoms with Crippen molar-refractivity contribution in [3.63, 3.8) is 0 Å². The molecule has 0 unspecified atom stereocenters. The predicted octanol–water partition coefficient (Wildman–Crippen LogP) is 2.15. The number of carbonyl (C=O) groups is 3. The normalized spacial score (nSPS) is 19.5. The molecule has 25 heavy (non-hydrogen) atoms. The Hall–Kier alpha value is -2.44. The lowest BCUT2D eigenvalue weighted by molar-refractivity contribution is -0.153. The molecule has 1 aliphatic heterocycles. The van der Waals surface area contributed by atoms with Crippen molar-refractivity contribution >= 4 is 17.7 Å². The number of likely N-dealkylation sites (tertiary alicyclic amines) is 1. The topological polar surface area (TPSA) is 83.9 Å². The van der Waals surface area contributed by atoms with Crippen molar-refractivity contribution in [1.29, 1.82) is 0 Å². The minimum Gasteiger partial charge on any atom is -0.494 e. The lowest BCUT2D eigenvalue weighted by atomic mass is 9.69. The average Bonchev–Trinajstić information content (AvgIpc) is 2.55. The third kappa shape index (κ3) is 3.97. The van der Waals surface area contributed by atoms with Crippen molar-refractivity contribution in [3.8, 4) is 5.75 Å². The van der Waals surface area contributed by atoms with Crippen molar-refractivity contribution < 1.29 is 28.6 Å². The zero-order valence-electron chi connectivity index (χ0n) is 14.4. The smallest absolute Gasteiger partial charge is 0.305 e. The second-order valence-electron chi connectivity index (χ2n) is 6.36. The summed E-state index contributed by atoms with van der Waals surface area (Å²) in [6.07, 6.45) is 1.15. The molecule has 1 fully saturated rings. The number of hydrogen-bond donors (Lipinski definition) is 1. The average molecular weight is 351 g/mol. The van der Waals surface area contributed by atoms with E-state index in [1.54, 1.807) is 6.07 Å². The standard InChI is InChI=1S/C18H22FNO5/c1-12(21)4-3-8-18(11-20(17(18)24)9-7-16(22)23)13-5-6-15(25-2)14(19)10-13/h5-6,10H,3-4,7-9,11H2,1-2H3,(H,22,23)/t18-/m1/s1. The van der Waals surface area contributed by atoms with Gasteiger partial charge in [-0.3, -0.25) is 9.59 Å². The van der Waals surface area contributed by atoms with Crippen LogP contribution >= 0.6 is 0 Å². The highest BCUT2D eigenvalue weighted by atomic mass is 19.1. The number of hydrogen-bond acceptors (Lipinski definition) is 4. The number of amides is 1. The SMILES string of the molecule is COc1ccc([C@@]2(CCCC(C)=O)CN(CCC(=O)O)C2=O)cc1F. The van der Waals surface area contributed by atoms with E-state index in [4.69, 9.17) is 9.84 Å². The van der Waals surface area contributed by atoms with Gasteiger partial charge in [0.2, 0.25) is 5.91 Å². The molecule has 7 heteroatoms. The van der Waals surface area contributed by atoms with Crippen LogP contribution in [0, 0.1) is 5.82 Å². The van der Waals surface area contributed by atoms with Crippen LogP contribution in [0.3, 0.4) is 0 Å². The fourth-order valence-corrected chi connectivity index (χ4v) is 3.24. The number of β-lactam (4-membered cyclic amide) rings is 1. The van der Waals surface area contributed by atoms with Crippen LogP contribution in [0.5, 0.6) is 5.75 Å². The van der Waals surface area contributed by atoms with Crippen molar-refractivity contribution in [3.05, 3.63) is 29.6 Å². The molecule has 0 aromatic heterocycles. The van der Waals surface area contributed by atoms with Crippen molar-refractivity contribution in [2.75, 3.05) is 20.2 Å². The molecule has 1 heterocycles. The zero-order valence-corrected chi connectivity index (χ0v) is 14.4.